The first-order valence-corrected chi connectivity index (χ1v) is 13.7. The van der Waals surface area contributed by atoms with Gasteiger partial charge in [0.2, 0.25) is 0 Å². The number of rotatable bonds is 2. The zero-order chi connectivity index (χ0) is 28.4. The van der Waals surface area contributed by atoms with E-state index in [-0.39, 0.29) is 34.8 Å². The topological polar surface area (TPSA) is 101 Å². The first-order valence-electron chi connectivity index (χ1n) is 13.7. The van der Waals surface area contributed by atoms with Crippen LogP contribution in [-0.2, 0) is 21.4 Å². The lowest BCUT2D eigenvalue weighted by molar-refractivity contribution is -0.135. The molecule has 2 atom stereocenters. The van der Waals surface area contributed by atoms with E-state index in [0.717, 1.165) is 10.9 Å². The fourth-order valence-corrected chi connectivity index (χ4v) is 5.67. The van der Waals surface area contributed by atoms with Gasteiger partial charge >= 0.3 is 11.9 Å². The molecule has 0 saturated heterocycles. The van der Waals surface area contributed by atoms with Gasteiger partial charge in [0.1, 0.15) is 22.8 Å². The van der Waals surface area contributed by atoms with Gasteiger partial charge < -0.3 is 18.8 Å². The molecule has 0 amide bonds. The van der Waals surface area contributed by atoms with Crippen LogP contribution in [0.15, 0.2) is 47.3 Å². The van der Waals surface area contributed by atoms with E-state index >= 15 is 0 Å². The number of fused-ring (bicyclic) bond motifs is 3. The normalized spacial score (nSPS) is 20.2. The van der Waals surface area contributed by atoms with Crippen LogP contribution in [0.3, 0.4) is 0 Å². The van der Waals surface area contributed by atoms with Gasteiger partial charge in [0.05, 0.1) is 25.2 Å². The van der Waals surface area contributed by atoms with Crippen molar-refractivity contribution in [2.24, 2.45) is 7.05 Å². The molecule has 3 heterocycles. The number of aryl methyl sites for hydroxylation is 1. The number of cyclic esters (lactones) is 1. The van der Waals surface area contributed by atoms with Crippen molar-refractivity contribution in [3.8, 4) is 11.5 Å². The van der Waals surface area contributed by atoms with Gasteiger partial charge in [0.25, 0.3) is 5.56 Å². The SMILES string of the molecule is COc1c2c(cc3c1[C@@H](c1cc4ccccc4n(C)c1=O)CC(=O)O3)C=CCCCC(=O)CCC[C@@H](C)OC2=O. The molecule has 0 fully saturated rings. The Hall–Kier alpha value is -4.20. The lowest BCUT2D eigenvalue weighted by Gasteiger charge is -2.29. The third-order valence-electron chi connectivity index (χ3n) is 7.70. The number of aromatic nitrogens is 1. The first kappa shape index (κ1) is 27.4. The van der Waals surface area contributed by atoms with E-state index in [1.807, 2.05) is 30.3 Å². The Bertz CT molecular complexity index is 1580. The van der Waals surface area contributed by atoms with Crippen LogP contribution in [0.1, 0.15) is 84.8 Å². The van der Waals surface area contributed by atoms with Crippen molar-refractivity contribution in [3.05, 3.63) is 75.1 Å². The zero-order valence-electron chi connectivity index (χ0n) is 23.0. The summed E-state index contributed by atoms with van der Waals surface area (Å²) < 4.78 is 18.9. The molecule has 0 radical (unpaired) electrons. The second-order valence-electron chi connectivity index (χ2n) is 10.5. The minimum Gasteiger partial charge on any atom is -0.495 e. The summed E-state index contributed by atoms with van der Waals surface area (Å²) in [5.74, 6) is -1.06. The minimum absolute atomic E-state index is 0.0783. The molecular weight excluding hydrogens is 510 g/mol. The number of benzene rings is 2. The number of methoxy groups -OCH3 is 1. The van der Waals surface area contributed by atoms with Gasteiger partial charge in [-0.25, -0.2) is 4.79 Å². The van der Waals surface area contributed by atoms with Crippen molar-refractivity contribution in [3.63, 3.8) is 0 Å². The molecular formula is C32H33NO7. The van der Waals surface area contributed by atoms with Crippen molar-refractivity contribution in [1.82, 2.24) is 4.57 Å². The lowest BCUT2D eigenvalue weighted by Crippen LogP contribution is -2.29. The van der Waals surface area contributed by atoms with Gasteiger partial charge in [-0.1, -0.05) is 30.4 Å². The number of carbonyl (C=O) groups is 3. The van der Waals surface area contributed by atoms with Gasteiger partial charge in [0.15, 0.2) is 0 Å². The number of allylic oxidation sites excluding steroid dienone is 1. The third kappa shape index (κ3) is 5.30. The highest BCUT2D eigenvalue weighted by molar-refractivity contribution is 5.99. The van der Waals surface area contributed by atoms with E-state index in [4.69, 9.17) is 14.2 Å². The highest BCUT2D eigenvalue weighted by Crippen LogP contribution is 2.47. The average molecular weight is 544 g/mol. The van der Waals surface area contributed by atoms with Crippen LogP contribution in [0.5, 0.6) is 11.5 Å². The van der Waals surface area contributed by atoms with Crippen LogP contribution in [0, 0.1) is 0 Å². The third-order valence-corrected chi connectivity index (χ3v) is 7.70. The molecule has 0 unspecified atom stereocenters. The molecule has 0 aliphatic carbocycles. The zero-order valence-corrected chi connectivity index (χ0v) is 23.0. The monoisotopic (exact) mass is 543 g/mol. The summed E-state index contributed by atoms with van der Waals surface area (Å²) in [6.45, 7) is 1.80. The Kier molecular flexibility index (Phi) is 7.87. The highest BCUT2D eigenvalue weighted by atomic mass is 16.5. The minimum atomic E-state index is -0.687. The Labute approximate surface area is 232 Å². The molecule has 3 aromatic rings. The second-order valence-corrected chi connectivity index (χ2v) is 10.5. The number of hydrogen-bond acceptors (Lipinski definition) is 7. The molecule has 0 bridgehead atoms. The maximum absolute atomic E-state index is 13.6. The summed E-state index contributed by atoms with van der Waals surface area (Å²) in [6.07, 6.45) is 6.68. The number of ketones is 1. The second kappa shape index (κ2) is 11.5. The van der Waals surface area contributed by atoms with Crippen molar-refractivity contribution >= 4 is 34.7 Å². The van der Waals surface area contributed by atoms with Gasteiger partial charge in [-0.05, 0) is 61.8 Å². The van der Waals surface area contributed by atoms with E-state index in [9.17, 15) is 19.2 Å². The fourth-order valence-electron chi connectivity index (χ4n) is 5.67. The van der Waals surface area contributed by atoms with Crippen LogP contribution in [-0.4, -0.2) is 35.5 Å². The molecule has 0 spiro atoms. The Morgan fingerprint density at radius 3 is 2.60 bits per heavy atom. The molecule has 208 valence electrons. The molecule has 0 N–H and O–H groups in total. The standard InChI is InChI=1S/C32H33NO7/c1-19-10-9-14-22(34)13-6-4-5-12-21-17-26-29(30(38-3)28(21)32(37)39-19)23(18-27(35)40-26)24-16-20-11-7-8-15-25(20)33(2)31(24)36/h5,7-8,11-12,15-17,19,23H,4,6,9-10,13-14,18H2,1-3H3/t19-,23-/m1/s1. The summed E-state index contributed by atoms with van der Waals surface area (Å²) in [5, 5.41) is 0.854. The smallest absolute Gasteiger partial charge is 0.342 e. The van der Waals surface area contributed by atoms with E-state index < -0.39 is 24.0 Å². The van der Waals surface area contributed by atoms with E-state index in [2.05, 4.69) is 0 Å². The van der Waals surface area contributed by atoms with E-state index in [1.54, 1.807) is 36.7 Å². The molecule has 2 aromatic carbocycles. The lowest BCUT2D eigenvalue weighted by atomic mass is 9.83. The van der Waals surface area contributed by atoms with Crippen molar-refractivity contribution in [1.29, 1.82) is 0 Å². The summed E-state index contributed by atoms with van der Waals surface area (Å²) in [6, 6.07) is 11.0. The van der Waals surface area contributed by atoms with Crippen molar-refractivity contribution in [2.75, 3.05) is 7.11 Å². The quantitative estimate of drug-likeness (QED) is 0.312. The van der Waals surface area contributed by atoms with Gasteiger partial charge in [-0.3, -0.25) is 14.4 Å². The number of hydrogen-bond donors (Lipinski definition) is 0. The number of para-hydroxylation sites is 1. The van der Waals surface area contributed by atoms with Crippen molar-refractivity contribution in [2.45, 2.75) is 63.9 Å². The van der Waals surface area contributed by atoms with Crippen LogP contribution in [0.25, 0.3) is 17.0 Å². The molecule has 5 rings (SSSR count). The average Bonchev–Trinajstić information content (AvgIpc) is 2.93. The summed E-state index contributed by atoms with van der Waals surface area (Å²) >= 11 is 0. The number of Topliss-reactive ketones (excluding diaryl/α,β-unsaturated/α-hetero) is 1. The number of carbonyl (C=O) groups excluding carboxylic acids is 3. The maximum atomic E-state index is 13.6. The predicted molar refractivity (Wildman–Crippen MR) is 151 cm³/mol. The Balaban J connectivity index is 1.70. The Morgan fingerprint density at radius 2 is 1.80 bits per heavy atom. The summed E-state index contributed by atoms with van der Waals surface area (Å²) in [7, 11) is 3.16. The Morgan fingerprint density at radius 1 is 1.02 bits per heavy atom. The molecule has 40 heavy (non-hydrogen) atoms. The maximum Gasteiger partial charge on any atom is 0.342 e. The number of ether oxygens (including phenoxy) is 3. The van der Waals surface area contributed by atoms with Crippen LogP contribution in [0.4, 0.5) is 0 Å². The van der Waals surface area contributed by atoms with Gasteiger partial charge in [-0.2, -0.15) is 0 Å². The van der Waals surface area contributed by atoms with Crippen molar-refractivity contribution < 1.29 is 28.6 Å². The summed E-state index contributed by atoms with van der Waals surface area (Å²) in [4.78, 5) is 52.2. The van der Waals surface area contributed by atoms with E-state index in [1.165, 1.54) is 7.11 Å². The molecule has 1 aromatic heterocycles. The molecule has 0 saturated carbocycles. The highest BCUT2D eigenvalue weighted by Gasteiger charge is 2.37. The van der Waals surface area contributed by atoms with Crippen LogP contribution < -0.4 is 15.0 Å². The molecule has 8 heteroatoms. The number of pyridine rings is 1. The predicted octanol–water partition coefficient (Wildman–Crippen LogP) is 5.47. The van der Waals surface area contributed by atoms with E-state index in [0.29, 0.717) is 55.2 Å². The first-order chi connectivity index (χ1) is 19.3. The molecule has 2 aliphatic heterocycles. The van der Waals surface area contributed by atoms with Gasteiger partial charge in [0, 0.05) is 36.9 Å². The summed E-state index contributed by atoms with van der Waals surface area (Å²) in [5.41, 5.74) is 2.12. The van der Waals surface area contributed by atoms with Gasteiger partial charge in [-0.15, -0.1) is 0 Å². The van der Waals surface area contributed by atoms with Crippen LogP contribution >= 0.6 is 0 Å². The fraction of sp³-hybridized carbons (Fsp3) is 0.375. The molecule has 2 aliphatic rings. The number of esters is 2. The number of nitrogens with zero attached hydrogens (tertiary/aromatic N) is 1. The van der Waals surface area contributed by atoms with Crippen LogP contribution in [0.2, 0.25) is 0 Å². The largest absolute Gasteiger partial charge is 0.495 e. The molecule has 8 nitrogen and oxygen atoms in total.